The van der Waals surface area contributed by atoms with Gasteiger partial charge in [-0.15, -0.1) is 10.2 Å². The van der Waals surface area contributed by atoms with Crippen molar-refractivity contribution in [2.75, 3.05) is 39.6 Å². The number of carbonyl (C=O) groups is 2. The van der Waals surface area contributed by atoms with Gasteiger partial charge >= 0.3 is 0 Å². The minimum atomic E-state index is -0.102. The summed E-state index contributed by atoms with van der Waals surface area (Å²) in [4.78, 5) is 30.1. The van der Waals surface area contributed by atoms with Crippen LogP contribution in [0.15, 0.2) is 78.0 Å². The first kappa shape index (κ1) is 31.1. The van der Waals surface area contributed by atoms with Gasteiger partial charge in [0, 0.05) is 55.2 Å². The van der Waals surface area contributed by atoms with Crippen molar-refractivity contribution in [2.24, 2.45) is 0 Å². The van der Waals surface area contributed by atoms with Crippen LogP contribution in [-0.2, 0) is 4.79 Å². The Hall–Kier alpha value is -4.31. The van der Waals surface area contributed by atoms with Crippen molar-refractivity contribution < 1.29 is 19.1 Å². The quantitative estimate of drug-likeness (QED) is 0.154. The molecule has 2 amide bonds. The summed E-state index contributed by atoms with van der Waals surface area (Å²) in [7, 11) is 3.12. The van der Waals surface area contributed by atoms with Crippen LogP contribution in [0.3, 0.4) is 0 Å². The highest BCUT2D eigenvalue weighted by Gasteiger charge is 2.31. The number of benzene rings is 3. The molecule has 0 bridgehead atoms. The lowest BCUT2D eigenvalue weighted by molar-refractivity contribution is -0.133. The van der Waals surface area contributed by atoms with E-state index in [1.165, 1.54) is 5.56 Å². The maximum absolute atomic E-state index is 13.3. The van der Waals surface area contributed by atoms with E-state index in [9.17, 15) is 9.59 Å². The second-order valence-corrected chi connectivity index (χ2v) is 12.0. The Morgan fingerprint density at radius 1 is 0.932 bits per heavy atom. The molecule has 1 aliphatic heterocycles. The largest absolute Gasteiger partial charge is 0.497 e. The minimum absolute atomic E-state index is 0.102. The number of piperazine rings is 1. The lowest BCUT2D eigenvalue weighted by atomic mass is 10.1. The van der Waals surface area contributed by atoms with E-state index in [0.717, 1.165) is 40.8 Å². The smallest absolute Gasteiger partial charge is 0.257 e. The van der Waals surface area contributed by atoms with E-state index < -0.39 is 0 Å². The van der Waals surface area contributed by atoms with Crippen LogP contribution < -0.4 is 9.47 Å². The van der Waals surface area contributed by atoms with Crippen molar-refractivity contribution in [3.05, 3.63) is 83.9 Å². The highest BCUT2D eigenvalue weighted by molar-refractivity contribution is 7.99. The number of carbonyl (C=O) groups excluding carboxylic acids is 2. The number of hydrogen-bond donors (Lipinski definition) is 0. The average Bonchev–Trinajstić information content (AvgIpc) is 3.48. The number of nitrogens with zero attached hydrogens (tertiary/aromatic N) is 5. The molecule has 0 N–H and O–H groups in total. The summed E-state index contributed by atoms with van der Waals surface area (Å²) in [6.45, 7) is 5.57. The SMILES string of the molecule is COc1ccc(C(=O)N2CCN(C(=O)CCCCSc3nnc(-c4ccccc4)n3-c3ccc(C)cc3)CC2C)c(OC)c1. The van der Waals surface area contributed by atoms with Gasteiger partial charge < -0.3 is 19.3 Å². The van der Waals surface area contributed by atoms with Crippen LogP contribution in [0.4, 0.5) is 0 Å². The third kappa shape index (κ3) is 7.07. The Labute approximate surface area is 263 Å². The Morgan fingerprint density at radius 2 is 1.70 bits per heavy atom. The Kier molecular flexibility index (Phi) is 10.2. The Morgan fingerprint density at radius 3 is 2.41 bits per heavy atom. The fourth-order valence-electron chi connectivity index (χ4n) is 5.38. The van der Waals surface area contributed by atoms with Crippen LogP contribution in [0.25, 0.3) is 17.1 Å². The van der Waals surface area contributed by atoms with Crippen LogP contribution in [-0.4, -0.2) is 82.0 Å². The van der Waals surface area contributed by atoms with Gasteiger partial charge in [-0.05, 0) is 51.0 Å². The third-order valence-electron chi connectivity index (χ3n) is 7.85. The molecule has 0 radical (unpaired) electrons. The molecule has 1 unspecified atom stereocenters. The fraction of sp³-hybridized carbons (Fsp3) is 0.353. The first-order valence-corrected chi connectivity index (χ1v) is 15.9. The molecular formula is C34H39N5O4S. The fourth-order valence-corrected chi connectivity index (χ4v) is 6.33. The van der Waals surface area contributed by atoms with E-state index in [2.05, 4.69) is 46.0 Å². The van der Waals surface area contributed by atoms with Gasteiger partial charge in [-0.3, -0.25) is 14.2 Å². The van der Waals surface area contributed by atoms with Crippen LogP contribution >= 0.6 is 11.8 Å². The minimum Gasteiger partial charge on any atom is -0.497 e. The summed E-state index contributed by atoms with van der Waals surface area (Å²) in [5.74, 6) is 2.77. The average molecular weight is 614 g/mol. The number of methoxy groups -OCH3 is 2. The highest BCUT2D eigenvalue weighted by Crippen LogP contribution is 2.29. The number of rotatable bonds is 11. The van der Waals surface area contributed by atoms with Crippen LogP contribution in [0.1, 0.15) is 42.1 Å². The monoisotopic (exact) mass is 613 g/mol. The first-order valence-electron chi connectivity index (χ1n) is 14.9. The molecule has 0 spiro atoms. The van der Waals surface area contributed by atoms with Gasteiger partial charge in [0.25, 0.3) is 5.91 Å². The van der Waals surface area contributed by atoms with E-state index >= 15 is 0 Å². The third-order valence-corrected chi connectivity index (χ3v) is 8.87. The zero-order chi connectivity index (χ0) is 31.1. The number of aromatic nitrogens is 3. The van der Waals surface area contributed by atoms with E-state index in [4.69, 9.17) is 9.47 Å². The molecule has 230 valence electrons. The van der Waals surface area contributed by atoms with Crippen molar-refractivity contribution in [3.63, 3.8) is 0 Å². The van der Waals surface area contributed by atoms with Crippen LogP contribution in [0.5, 0.6) is 11.5 Å². The number of unbranched alkanes of at least 4 members (excludes halogenated alkanes) is 1. The van der Waals surface area contributed by atoms with Gasteiger partial charge in [-0.1, -0.05) is 59.8 Å². The summed E-state index contributed by atoms with van der Waals surface area (Å²) in [6.07, 6.45) is 2.14. The van der Waals surface area contributed by atoms with Crippen molar-refractivity contribution in [1.82, 2.24) is 24.6 Å². The number of amides is 2. The van der Waals surface area contributed by atoms with E-state index in [1.807, 2.05) is 47.1 Å². The molecule has 1 atom stereocenters. The van der Waals surface area contributed by atoms with Crippen molar-refractivity contribution in [3.8, 4) is 28.6 Å². The molecule has 1 aromatic heterocycles. The van der Waals surface area contributed by atoms with E-state index in [0.29, 0.717) is 43.1 Å². The molecule has 2 heterocycles. The lowest BCUT2D eigenvalue weighted by Gasteiger charge is -2.40. The van der Waals surface area contributed by atoms with Crippen LogP contribution in [0, 0.1) is 6.92 Å². The van der Waals surface area contributed by atoms with Crippen molar-refractivity contribution >= 4 is 23.6 Å². The van der Waals surface area contributed by atoms with Gasteiger partial charge in [0.15, 0.2) is 11.0 Å². The number of hydrogen-bond acceptors (Lipinski definition) is 7. The second kappa shape index (κ2) is 14.4. The summed E-state index contributed by atoms with van der Waals surface area (Å²) in [5, 5.41) is 9.88. The first-order chi connectivity index (χ1) is 21.4. The highest BCUT2D eigenvalue weighted by atomic mass is 32.2. The molecule has 1 saturated heterocycles. The summed E-state index contributed by atoms with van der Waals surface area (Å²) >= 11 is 1.66. The van der Waals surface area contributed by atoms with Crippen LogP contribution in [0.2, 0.25) is 0 Å². The topological polar surface area (TPSA) is 89.8 Å². The summed E-state index contributed by atoms with van der Waals surface area (Å²) in [6, 6.07) is 23.6. The van der Waals surface area contributed by atoms with Gasteiger partial charge in [0.1, 0.15) is 11.5 Å². The Balaban J connectivity index is 1.13. The zero-order valence-corrected chi connectivity index (χ0v) is 26.5. The summed E-state index contributed by atoms with van der Waals surface area (Å²) < 4.78 is 12.8. The predicted molar refractivity (Wildman–Crippen MR) is 173 cm³/mol. The summed E-state index contributed by atoms with van der Waals surface area (Å²) in [5.41, 5.74) is 3.72. The molecular weight excluding hydrogens is 574 g/mol. The second-order valence-electron chi connectivity index (χ2n) is 10.9. The van der Waals surface area contributed by atoms with Gasteiger partial charge in [0.2, 0.25) is 5.91 Å². The maximum atomic E-state index is 13.3. The van der Waals surface area contributed by atoms with Gasteiger partial charge in [-0.2, -0.15) is 0 Å². The van der Waals surface area contributed by atoms with Crippen molar-refractivity contribution in [1.29, 1.82) is 0 Å². The predicted octanol–water partition coefficient (Wildman–Crippen LogP) is 5.90. The van der Waals surface area contributed by atoms with E-state index in [-0.39, 0.29) is 17.9 Å². The lowest BCUT2D eigenvalue weighted by Crippen LogP contribution is -2.55. The Bertz CT molecular complexity index is 1570. The number of ether oxygens (including phenoxy) is 2. The molecule has 1 aliphatic rings. The molecule has 0 aliphatic carbocycles. The van der Waals surface area contributed by atoms with Gasteiger partial charge in [0.05, 0.1) is 19.8 Å². The van der Waals surface area contributed by atoms with Gasteiger partial charge in [-0.25, -0.2) is 0 Å². The normalized spacial score (nSPS) is 14.9. The number of thioether (sulfide) groups is 1. The standard InChI is InChI=1S/C34H39N5O4S/c1-24-13-15-27(16-14-24)39-32(26-10-6-5-7-11-26)35-36-34(39)44-21-9-8-12-31(40)37-19-20-38(25(2)23-37)33(41)29-18-17-28(42-3)22-30(29)43-4/h5-7,10-11,13-18,22,25H,8-9,12,19-21,23H2,1-4H3. The molecule has 3 aromatic carbocycles. The molecule has 10 heteroatoms. The molecule has 1 fully saturated rings. The van der Waals surface area contributed by atoms with E-state index in [1.54, 1.807) is 44.2 Å². The molecule has 5 rings (SSSR count). The molecule has 9 nitrogen and oxygen atoms in total. The van der Waals surface area contributed by atoms with Crippen molar-refractivity contribution in [2.45, 2.75) is 44.3 Å². The zero-order valence-electron chi connectivity index (χ0n) is 25.7. The molecule has 0 saturated carbocycles. The maximum Gasteiger partial charge on any atom is 0.257 e. The molecule has 4 aromatic rings. The molecule has 44 heavy (non-hydrogen) atoms. The number of aryl methyl sites for hydroxylation is 1.